The molecular formula is C25H31N3O5S. The quantitative estimate of drug-likeness (QED) is 0.625. The Bertz CT molecular complexity index is 1170. The third-order valence-corrected chi connectivity index (χ3v) is 8.85. The molecule has 0 bridgehead atoms. The van der Waals surface area contributed by atoms with Crippen LogP contribution >= 0.6 is 0 Å². The van der Waals surface area contributed by atoms with Gasteiger partial charge in [0.05, 0.1) is 17.3 Å². The number of amides is 2. The van der Waals surface area contributed by atoms with Crippen molar-refractivity contribution in [1.29, 1.82) is 0 Å². The maximum Gasteiger partial charge on any atom is 0.224 e. The Morgan fingerprint density at radius 1 is 1.00 bits per heavy atom. The van der Waals surface area contributed by atoms with Crippen LogP contribution < -0.4 is 14.5 Å². The lowest BCUT2D eigenvalue weighted by Gasteiger charge is -2.36. The molecule has 0 aliphatic carbocycles. The van der Waals surface area contributed by atoms with E-state index in [1.807, 2.05) is 24.3 Å². The van der Waals surface area contributed by atoms with Crippen molar-refractivity contribution in [2.75, 3.05) is 49.6 Å². The van der Waals surface area contributed by atoms with E-state index in [-0.39, 0.29) is 23.1 Å². The molecule has 1 saturated heterocycles. The molecule has 0 saturated carbocycles. The van der Waals surface area contributed by atoms with Gasteiger partial charge in [-0.25, -0.2) is 8.42 Å². The number of carbonyl (C=O) groups excluding carboxylic acids is 2. The largest absolute Gasteiger partial charge is 0.497 e. The summed E-state index contributed by atoms with van der Waals surface area (Å²) in [6.45, 7) is 6.15. The minimum absolute atomic E-state index is 0.0540. The second kappa shape index (κ2) is 9.66. The molecule has 0 unspecified atom stereocenters. The number of hydrogen-bond acceptors (Lipinski definition) is 6. The van der Waals surface area contributed by atoms with Crippen molar-refractivity contribution in [2.45, 2.75) is 36.8 Å². The fourth-order valence-electron chi connectivity index (χ4n) is 4.61. The van der Waals surface area contributed by atoms with Crippen molar-refractivity contribution in [3.8, 4) is 5.75 Å². The van der Waals surface area contributed by atoms with Crippen LogP contribution in [0.15, 0.2) is 47.4 Å². The van der Waals surface area contributed by atoms with Crippen LogP contribution in [0, 0.1) is 0 Å². The first-order valence-electron chi connectivity index (χ1n) is 11.5. The lowest BCUT2D eigenvalue weighted by atomic mass is 10.2. The molecule has 0 spiro atoms. The average Bonchev–Trinajstić information content (AvgIpc) is 3.28. The normalized spacial score (nSPS) is 16.9. The van der Waals surface area contributed by atoms with Crippen LogP contribution in [-0.4, -0.2) is 70.2 Å². The van der Waals surface area contributed by atoms with Gasteiger partial charge in [-0.2, -0.15) is 0 Å². The molecule has 0 N–H and O–H groups in total. The Kier molecular flexibility index (Phi) is 6.84. The zero-order valence-corrected chi connectivity index (χ0v) is 20.7. The lowest BCUT2D eigenvalue weighted by molar-refractivity contribution is -0.131. The van der Waals surface area contributed by atoms with E-state index in [1.54, 1.807) is 42.0 Å². The fraction of sp³-hybridized carbons (Fsp3) is 0.440. The highest BCUT2D eigenvalue weighted by Gasteiger charge is 2.31. The van der Waals surface area contributed by atoms with Crippen molar-refractivity contribution >= 4 is 33.0 Å². The lowest BCUT2D eigenvalue weighted by Crippen LogP contribution is -2.49. The highest BCUT2D eigenvalue weighted by molar-refractivity contribution is 7.92. The number of benzene rings is 2. The van der Waals surface area contributed by atoms with Gasteiger partial charge in [-0.15, -0.1) is 0 Å². The molecule has 2 aliphatic rings. The zero-order valence-electron chi connectivity index (χ0n) is 19.9. The SMILES string of the molecule is COc1ccc(N2CCN(C(=O)C[C@@H](C)S(=O)(=O)c3ccc4c(c3)CCN4C(C)=O)CC2)cc1. The second-order valence-corrected chi connectivity index (χ2v) is 11.2. The Hall–Kier alpha value is -3.07. The van der Waals surface area contributed by atoms with Crippen molar-refractivity contribution in [3.63, 3.8) is 0 Å². The predicted molar refractivity (Wildman–Crippen MR) is 131 cm³/mol. The van der Waals surface area contributed by atoms with E-state index in [9.17, 15) is 18.0 Å². The summed E-state index contributed by atoms with van der Waals surface area (Å²) in [6, 6.07) is 12.7. The van der Waals surface area contributed by atoms with Crippen LogP contribution in [0.4, 0.5) is 11.4 Å². The van der Waals surface area contributed by atoms with Gasteiger partial charge in [-0.3, -0.25) is 9.59 Å². The van der Waals surface area contributed by atoms with E-state index in [0.717, 1.165) is 22.7 Å². The van der Waals surface area contributed by atoms with Gasteiger partial charge in [-0.1, -0.05) is 0 Å². The van der Waals surface area contributed by atoms with E-state index in [0.29, 0.717) is 39.1 Å². The first-order valence-corrected chi connectivity index (χ1v) is 13.1. The number of carbonyl (C=O) groups is 2. The summed E-state index contributed by atoms with van der Waals surface area (Å²) in [5.41, 5.74) is 2.69. The van der Waals surface area contributed by atoms with Gasteiger partial charge < -0.3 is 19.4 Å². The van der Waals surface area contributed by atoms with Gasteiger partial charge >= 0.3 is 0 Å². The average molecular weight is 486 g/mol. The number of fused-ring (bicyclic) bond motifs is 1. The molecule has 2 heterocycles. The summed E-state index contributed by atoms with van der Waals surface area (Å²) in [7, 11) is -2.03. The standard InChI is InChI=1S/C25H31N3O5S/c1-18(34(31,32)23-8-9-24-20(17-23)10-11-28(24)19(2)29)16-25(30)27-14-12-26(13-15-27)21-4-6-22(33-3)7-5-21/h4-9,17-18H,10-16H2,1-3H3/t18-/m1/s1. The smallest absolute Gasteiger partial charge is 0.224 e. The van der Waals surface area contributed by atoms with Crippen molar-refractivity contribution in [1.82, 2.24) is 4.90 Å². The minimum Gasteiger partial charge on any atom is -0.497 e. The first kappa shape index (κ1) is 24.1. The molecule has 2 aliphatic heterocycles. The monoisotopic (exact) mass is 485 g/mol. The molecule has 0 aromatic heterocycles. The van der Waals surface area contributed by atoms with Crippen molar-refractivity contribution in [3.05, 3.63) is 48.0 Å². The van der Waals surface area contributed by atoms with E-state index >= 15 is 0 Å². The number of sulfone groups is 1. The molecule has 4 rings (SSSR count). The van der Waals surface area contributed by atoms with Gasteiger partial charge in [0.25, 0.3) is 0 Å². The molecule has 8 nitrogen and oxygen atoms in total. The van der Waals surface area contributed by atoms with Gasteiger partial charge in [0, 0.05) is 57.4 Å². The highest BCUT2D eigenvalue weighted by Crippen LogP contribution is 2.32. The van der Waals surface area contributed by atoms with Gasteiger partial charge in [0.2, 0.25) is 11.8 Å². The zero-order chi connectivity index (χ0) is 24.5. The molecule has 34 heavy (non-hydrogen) atoms. The molecular weight excluding hydrogens is 454 g/mol. The molecule has 2 aromatic carbocycles. The Morgan fingerprint density at radius 2 is 1.68 bits per heavy atom. The third-order valence-electron chi connectivity index (χ3n) is 6.72. The first-order chi connectivity index (χ1) is 16.2. The molecule has 182 valence electrons. The van der Waals surface area contributed by atoms with Crippen LogP contribution in [0.25, 0.3) is 0 Å². The number of methoxy groups -OCH3 is 1. The Labute approximate surface area is 201 Å². The second-order valence-electron chi connectivity index (χ2n) is 8.84. The van der Waals surface area contributed by atoms with Gasteiger partial charge in [0.15, 0.2) is 9.84 Å². The summed E-state index contributed by atoms with van der Waals surface area (Å²) in [6.07, 6.45) is 0.575. The summed E-state index contributed by atoms with van der Waals surface area (Å²) >= 11 is 0. The van der Waals surface area contributed by atoms with E-state index in [1.165, 1.54) is 6.92 Å². The van der Waals surface area contributed by atoms with Crippen LogP contribution in [0.1, 0.15) is 25.8 Å². The molecule has 2 aromatic rings. The number of anilines is 2. The minimum atomic E-state index is -3.67. The van der Waals surface area contributed by atoms with Crippen molar-refractivity contribution < 1.29 is 22.7 Å². The van der Waals surface area contributed by atoms with Crippen LogP contribution in [0.5, 0.6) is 5.75 Å². The molecule has 0 radical (unpaired) electrons. The van der Waals surface area contributed by atoms with Gasteiger partial charge in [-0.05, 0) is 61.4 Å². The maximum atomic E-state index is 13.2. The summed E-state index contributed by atoms with van der Waals surface area (Å²) in [4.78, 5) is 30.5. The van der Waals surface area contributed by atoms with E-state index in [4.69, 9.17) is 4.74 Å². The van der Waals surface area contributed by atoms with Crippen LogP contribution in [-0.2, 0) is 25.8 Å². The van der Waals surface area contributed by atoms with E-state index < -0.39 is 15.1 Å². The summed E-state index contributed by atoms with van der Waals surface area (Å²) in [5, 5.41) is -0.831. The number of nitrogens with zero attached hydrogens (tertiary/aromatic N) is 3. The fourth-order valence-corrected chi connectivity index (χ4v) is 6.00. The molecule has 9 heteroatoms. The highest BCUT2D eigenvalue weighted by atomic mass is 32.2. The number of rotatable bonds is 6. The van der Waals surface area contributed by atoms with Crippen molar-refractivity contribution in [2.24, 2.45) is 0 Å². The Morgan fingerprint density at radius 3 is 2.29 bits per heavy atom. The Balaban J connectivity index is 1.36. The van der Waals surface area contributed by atoms with E-state index in [2.05, 4.69) is 4.90 Å². The number of piperazine rings is 1. The molecule has 2 amide bonds. The number of ether oxygens (including phenoxy) is 1. The predicted octanol–water partition coefficient (Wildman–Crippen LogP) is 2.51. The molecule has 1 fully saturated rings. The summed E-state index contributed by atoms with van der Waals surface area (Å²) in [5.74, 6) is 0.599. The maximum absolute atomic E-state index is 13.2. The molecule has 1 atom stereocenters. The van der Waals surface area contributed by atoms with Gasteiger partial charge in [0.1, 0.15) is 5.75 Å². The third kappa shape index (κ3) is 4.75. The summed E-state index contributed by atoms with van der Waals surface area (Å²) < 4.78 is 31.6. The topological polar surface area (TPSA) is 87.2 Å². The van der Waals surface area contributed by atoms with Crippen LogP contribution in [0.3, 0.4) is 0 Å². The van der Waals surface area contributed by atoms with Crippen LogP contribution in [0.2, 0.25) is 0 Å². The number of hydrogen-bond donors (Lipinski definition) is 0.